The summed E-state index contributed by atoms with van der Waals surface area (Å²) in [5.41, 5.74) is 4.70. The third kappa shape index (κ3) is 3.02. The summed E-state index contributed by atoms with van der Waals surface area (Å²) >= 11 is 0. The van der Waals surface area contributed by atoms with Crippen molar-refractivity contribution < 1.29 is 23.8 Å². The van der Waals surface area contributed by atoms with Gasteiger partial charge in [0.05, 0.1) is 11.3 Å². The molecule has 2 aromatic rings. The molecule has 0 spiro atoms. The van der Waals surface area contributed by atoms with Crippen molar-refractivity contribution in [2.45, 2.75) is 6.54 Å². The van der Waals surface area contributed by atoms with Gasteiger partial charge in [0.2, 0.25) is 0 Å². The Kier molecular flexibility index (Phi) is 3.93. The summed E-state index contributed by atoms with van der Waals surface area (Å²) in [6.45, 7) is -0.0407. The molecule has 0 heterocycles. The Labute approximate surface area is 118 Å². The molecule has 7 heteroatoms. The molecule has 0 fully saturated rings. The molecule has 0 bridgehead atoms. The Balaban J connectivity index is 2.26. The highest BCUT2D eigenvalue weighted by atomic mass is 19.1. The van der Waals surface area contributed by atoms with Crippen LogP contribution in [0.25, 0.3) is 0 Å². The van der Waals surface area contributed by atoms with Crippen LogP contribution in [0.2, 0.25) is 0 Å². The van der Waals surface area contributed by atoms with Crippen LogP contribution in [0.5, 0.6) is 11.5 Å². The van der Waals surface area contributed by atoms with E-state index in [1.54, 1.807) is 0 Å². The van der Waals surface area contributed by atoms with Crippen molar-refractivity contribution in [3.8, 4) is 11.5 Å². The number of benzene rings is 2. The summed E-state index contributed by atoms with van der Waals surface area (Å²) in [5.74, 6) is -3.63. The SMILES string of the molecule is NC(=O)c1cc(NCc2cccc(O)c2O)c(F)cc1F. The molecule has 0 aliphatic rings. The normalized spacial score (nSPS) is 10.4. The van der Waals surface area contributed by atoms with Gasteiger partial charge < -0.3 is 21.3 Å². The molecule has 21 heavy (non-hydrogen) atoms. The van der Waals surface area contributed by atoms with Crippen molar-refractivity contribution in [3.05, 3.63) is 53.1 Å². The number of carbonyl (C=O) groups is 1. The maximum Gasteiger partial charge on any atom is 0.251 e. The summed E-state index contributed by atoms with van der Waals surface area (Å²) in [6, 6.07) is 5.81. The maximum atomic E-state index is 13.6. The third-order valence-corrected chi connectivity index (χ3v) is 2.89. The number of nitrogens with two attached hydrogens (primary N) is 1. The lowest BCUT2D eigenvalue weighted by Gasteiger charge is -2.11. The van der Waals surface area contributed by atoms with Gasteiger partial charge in [-0.3, -0.25) is 4.79 Å². The minimum atomic E-state index is -1.05. The molecule has 0 saturated carbocycles. The zero-order valence-electron chi connectivity index (χ0n) is 10.7. The van der Waals surface area contributed by atoms with Gasteiger partial charge in [-0.25, -0.2) is 8.78 Å². The van der Waals surface area contributed by atoms with Crippen molar-refractivity contribution in [1.82, 2.24) is 0 Å². The highest BCUT2D eigenvalue weighted by Crippen LogP contribution is 2.29. The van der Waals surface area contributed by atoms with Gasteiger partial charge in [-0.05, 0) is 12.1 Å². The van der Waals surface area contributed by atoms with E-state index in [0.717, 1.165) is 6.07 Å². The lowest BCUT2D eigenvalue weighted by atomic mass is 10.1. The summed E-state index contributed by atoms with van der Waals surface area (Å²) in [7, 11) is 0. The average molecular weight is 294 g/mol. The number of nitrogens with one attached hydrogen (secondary N) is 1. The van der Waals surface area contributed by atoms with E-state index >= 15 is 0 Å². The molecule has 0 aliphatic carbocycles. The second-order valence-corrected chi connectivity index (χ2v) is 4.31. The molecule has 5 N–H and O–H groups in total. The van der Waals surface area contributed by atoms with Gasteiger partial charge in [0.15, 0.2) is 11.5 Å². The molecule has 0 radical (unpaired) electrons. The molecule has 2 rings (SSSR count). The van der Waals surface area contributed by atoms with Crippen LogP contribution in [0.4, 0.5) is 14.5 Å². The number of phenols is 2. The van der Waals surface area contributed by atoms with Gasteiger partial charge in [0.25, 0.3) is 5.91 Å². The van der Waals surface area contributed by atoms with Gasteiger partial charge in [0, 0.05) is 18.2 Å². The van der Waals surface area contributed by atoms with E-state index in [2.05, 4.69) is 5.32 Å². The number of hydrogen-bond donors (Lipinski definition) is 4. The third-order valence-electron chi connectivity index (χ3n) is 2.89. The number of primary amides is 1. The van der Waals surface area contributed by atoms with Crippen molar-refractivity contribution in [1.29, 1.82) is 0 Å². The van der Waals surface area contributed by atoms with Crippen LogP contribution in [0, 0.1) is 11.6 Å². The molecular formula is C14H12F2N2O3. The first-order valence-electron chi connectivity index (χ1n) is 5.92. The standard InChI is InChI=1S/C14H12F2N2O3/c15-9-5-10(16)11(4-8(9)14(17)21)18-6-7-2-1-3-12(19)13(7)20/h1-5,18-20H,6H2,(H2,17,21). The first kappa shape index (κ1) is 14.6. The molecule has 0 aliphatic heterocycles. The minimum Gasteiger partial charge on any atom is -0.504 e. The number of anilines is 1. The highest BCUT2D eigenvalue weighted by molar-refractivity contribution is 5.94. The van der Waals surface area contributed by atoms with E-state index in [0.29, 0.717) is 11.6 Å². The van der Waals surface area contributed by atoms with Crippen molar-refractivity contribution in [2.24, 2.45) is 5.73 Å². The topological polar surface area (TPSA) is 95.6 Å². The zero-order chi connectivity index (χ0) is 15.6. The van der Waals surface area contributed by atoms with Crippen LogP contribution >= 0.6 is 0 Å². The summed E-state index contributed by atoms with van der Waals surface area (Å²) in [6.07, 6.45) is 0. The molecule has 110 valence electrons. The second-order valence-electron chi connectivity index (χ2n) is 4.31. The van der Waals surface area contributed by atoms with Gasteiger partial charge in [-0.1, -0.05) is 12.1 Å². The summed E-state index contributed by atoms with van der Waals surface area (Å²) in [5, 5.41) is 21.6. The van der Waals surface area contributed by atoms with Gasteiger partial charge in [-0.15, -0.1) is 0 Å². The number of hydrogen-bond acceptors (Lipinski definition) is 4. The van der Waals surface area contributed by atoms with Crippen LogP contribution in [0.3, 0.4) is 0 Å². The zero-order valence-corrected chi connectivity index (χ0v) is 10.7. The molecule has 0 aromatic heterocycles. The first-order valence-corrected chi connectivity index (χ1v) is 5.92. The van der Waals surface area contributed by atoms with Crippen LogP contribution < -0.4 is 11.1 Å². The molecule has 0 saturated heterocycles. The fraction of sp³-hybridized carbons (Fsp3) is 0.0714. The lowest BCUT2D eigenvalue weighted by molar-refractivity contribution is 0.0996. The molecule has 1 amide bonds. The highest BCUT2D eigenvalue weighted by Gasteiger charge is 2.14. The largest absolute Gasteiger partial charge is 0.504 e. The predicted octanol–water partition coefficient (Wildman–Crippen LogP) is 2.09. The van der Waals surface area contributed by atoms with Crippen LogP contribution in [0.15, 0.2) is 30.3 Å². The smallest absolute Gasteiger partial charge is 0.251 e. The first-order chi connectivity index (χ1) is 9.90. The van der Waals surface area contributed by atoms with Crippen LogP contribution in [-0.2, 0) is 6.54 Å². The predicted molar refractivity (Wildman–Crippen MR) is 72.0 cm³/mol. The number of para-hydroxylation sites is 1. The van der Waals surface area contributed by atoms with Crippen molar-refractivity contribution in [3.63, 3.8) is 0 Å². The van der Waals surface area contributed by atoms with Gasteiger partial charge in [0.1, 0.15) is 11.6 Å². The summed E-state index contributed by atoms with van der Waals surface area (Å²) in [4.78, 5) is 11.0. The number of rotatable bonds is 4. The minimum absolute atomic E-state index is 0.0407. The van der Waals surface area contributed by atoms with Crippen molar-refractivity contribution in [2.75, 3.05) is 5.32 Å². The fourth-order valence-corrected chi connectivity index (χ4v) is 1.78. The lowest BCUT2D eigenvalue weighted by Crippen LogP contribution is -2.14. The number of phenolic OH excluding ortho intramolecular Hbond substituents is 2. The number of amides is 1. The van der Waals surface area contributed by atoms with E-state index in [4.69, 9.17) is 5.73 Å². The Morgan fingerprint density at radius 3 is 2.57 bits per heavy atom. The Bertz CT molecular complexity index is 705. The van der Waals surface area contributed by atoms with E-state index in [9.17, 15) is 23.8 Å². The van der Waals surface area contributed by atoms with E-state index < -0.39 is 23.1 Å². The summed E-state index contributed by atoms with van der Waals surface area (Å²) < 4.78 is 26.9. The van der Waals surface area contributed by atoms with Gasteiger partial charge in [-0.2, -0.15) is 0 Å². The maximum absolute atomic E-state index is 13.6. The Morgan fingerprint density at radius 2 is 1.90 bits per heavy atom. The Morgan fingerprint density at radius 1 is 1.19 bits per heavy atom. The molecular weight excluding hydrogens is 282 g/mol. The van der Waals surface area contributed by atoms with Crippen LogP contribution in [-0.4, -0.2) is 16.1 Å². The molecule has 5 nitrogen and oxygen atoms in total. The second kappa shape index (κ2) is 5.66. The number of carbonyl (C=O) groups excluding carboxylic acids is 1. The molecule has 0 atom stereocenters. The number of halogens is 2. The monoisotopic (exact) mass is 294 g/mol. The number of aromatic hydroxyl groups is 2. The Hall–Kier alpha value is -2.83. The molecule has 0 unspecified atom stereocenters. The quantitative estimate of drug-likeness (QED) is 0.649. The van der Waals surface area contributed by atoms with E-state index in [1.165, 1.54) is 18.2 Å². The van der Waals surface area contributed by atoms with Crippen LogP contribution in [0.1, 0.15) is 15.9 Å². The van der Waals surface area contributed by atoms with Crippen molar-refractivity contribution >= 4 is 11.6 Å². The van der Waals surface area contributed by atoms with Gasteiger partial charge >= 0.3 is 0 Å². The average Bonchev–Trinajstić information content (AvgIpc) is 2.41. The van der Waals surface area contributed by atoms with E-state index in [1.807, 2.05) is 0 Å². The molecule has 2 aromatic carbocycles. The van der Waals surface area contributed by atoms with E-state index in [-0.39, 0.29) is 23.7 Å². The fourth-order valence-electron chi connectivity index (χ4n) is 1.78.